The molecule has 3 rings (SSSR count). The predicted octanol–water partition coefficient (Wildman–Crippen LogP) is 4.10. The summed E-state index contributed by atoms with van der Waals surface area (Å²) in [5.74, 6) is 0.611. The SMILES string of the molecule is Cc1cc(C(C)N[S@+]([O-])C(C)(C)C)c2nc(-c3sc(C)nc3C)n(C)c(=O)c2c1. The van der Waals surface area contributed by atoms with Gasteiger partial charge in [-0.05, 0) is 60.1 Å². The maximum atomic E-state index is 13.2. The first-order valence-corrected chi connectivity index (χ1v) is 11.5. The Hall–Kier alpha value is -1.74. The summed E-state index contributed by atoms with van der Waals surface area (Å²) in [5, 5.41) is 1.51. The molecule has 29 heavy (non-hydrogen) atoms. The monoisotopic (exact) mass is 432 g/mol. The summed E-state index contributed by atoms with van der Waals surface area (Å²) >= 11 is 0.295. The second-order valence-electron chi connectivity index (χ2n) is 8.42. The predicted molar refractivity (Wildman–Crippen MR) is 122 cm³/mol. The molecule has 0 radical (unpaired) electrons. The van der Waals surface area contributed by atoms with Crippen molar-refractivity contribution in [3.05, 3.63) is 44.3 Å². The zero-order valence-corrected chi connectivity index (χ0v) is 19.8. The maximum absolute atomic E-state index is 13.2. The quantitative estimate of drug-likeness (QED) is 0.628. The van der Waals surface area contributed by atoms with Crippen LogP contribution in [0, 0.1) is 20.8 Å². The standard InChI is InChI=1S/C21H28N4O2S2/c1-11-9-15(12(2)24-29(27)21(5,6)7)17-16(10-11)20(26)25(8)19(23-17)18-13(3)22-14(4)28-18/h9-10,12,24H,1-8H3/t12?,29-/m1/s1. The Labute approximate surface area is 178 Å². The van der Waals surface area contributed by atoms with Gasteiger partial charge in [0, 0.05) is 24.0 Å². The van der Waals surface area contributed by atoms with Crippen molar-refractivity contribution in [1.29, 1.82) is 0 Å². The van der Waals surface area contributed by atoms with Crippen molar-refractivity contribution in [1.82, 2.24) is 19.3 Å². The van der Waals surface area contributed by atoms with E-state index in [-0.39, 0.29) is 16.3 Å². The van der Waals surface area contributed by atoms with Crippen LogP contribution in [0.4, 0.5) is 0 Å². The molecular weight excluding hydrogens is 404 g/mol. The fourth-order valence-electron chi connectivity index (χ4n) is 3.23. The first-order chi connectivity index (χ1) is 13.4. The molecule has 0 aliphatic heterocycles. The van der Waals surface area contributed by atoms with Crippen molar-refractivity contribution in [2.24, 2.45) is 7.05 Å². The minimum atomic E-state index is -1.24. The van der Waals surface area contributed by atoms with Crippen LogP contribution in [0.25, 0.3) is 21.6 Å². The highest BCUT2D eigenvalue weighted by atomic mass is 32.2. The third-order valence-electron chi connectivity index (χ3n) is 4.77. The van der Waals surface area contributed by atoms with Gasteiger partial charge in [0.15, 0.2) is 5.82 Å². The van der Waals surface area contributed by atoms with Crippen LogP contribution in [-0.4, -0.2) is 23.8 Å². The Bertz CT molecular complexity index is 1130. The Morgan fingerprint density at radius 2 is 1.86 bits per heavy atom. The van der Waals surface area contributed by atoms with E-state index in [1.54, 1.807) is 11.6 Å². The number of hydrogen-bond acceptors (Lipinski definition) is 6. The molecule has 0 amide bonds. The van der Waals surface area contributed by atoms with E-state index in [2.05, 4.69) is 9.71 Å². The van der Waals surface area contributed by atoms with Gasteiger partial charge in [-0.15, -0.1) is 16.1 Å². The van der Waals surface area contributed by atoms with Crippen molar-refractivity contribution < 1.29 is 4.55 Å². The number of fused-ring (bicyclic) bond motifs is 1. The summed E-state index contributed by atoms with van der Waals surface area (Å²) in [5.41, 5.74) is 3.26. The van der Waals surface area contributed by atoms with Gasteiger partial charge in [-0.1, -0.05) is 6.07 Å². The van der Waals surface area contributed by atoms with Crippen LogP contribution in [0.5, 0.6) is 0 Å². The highest BCUT2D eigenvalue weighted by Crippen LogP contribution is 2.31. The number of hydrogen-bond donors (Lipinski definition) is 1. The normalized spacial score (nSPS) is 14.4. The molecule has 1 unspecified atom stereocenters. The van der Waals surface area contributed by atoms with E-state index in [1.807, 2.05) is 60.6 Å². The second-order valence-corrected chi connectivity index (χ2v) is 11.6. The molecule has 6 nitrogen and oxygen atoms in total. The van der Waals surface area contributed by atoms with Gasteiger partial charge in [-0.2, -0.15) is 0 Å². The van der Waals surface area contributed by atoms with E-state index < -0.39 is 11.4 Å². The van der Waals surface area contributed by atoms with Crippen molar-refractivity contribution >= 4 is 33.6 Å². The summed E-state index contributed by atoms with van der Waals surface area (Å²) in [7, 11) is 1.75. The van der Waals surface area contributed by atoms with Gasteiger partial charge >= 0.3 is 0 Å². The van der Waals surface area contributed by atoms with Gasteiger partial charge < -0.3 is 4.55 Å². The maximum Gasteiger partial charge on any atom is 0.261 e. The minimum absolute atomic E-state index is 0.0930. The Morgan fingerprint density at radius 3 is 2.41 bits per heavy atom. The van der Waals surface area contributed by atoms with Crippen LogP contribution in [-0.2, 0) is 18.4 Å². The van der Waals surface area contributed by atoms with Crippen LogP contribution in [0.2, 0.25) is 0 Å². The molecule has 0 spiro atoms. The van der Waals surface area contributed by atoms with E-state index in [0.29, 0.717) is 16.7 Å². The fourth-order valence-corrected chi connectivity index (χ4v) is 4.97. The summed E-state index contributed by atoms with van der Waals surface area (Å²) < 4.78 is 17.0. The Morgan fingerprint density at radius 1 is 1.21 bits per heavy atom. The average Bonchev–Trinajstić information content (AvgIpc) is 2.95. The van der Waals surface area contributed by atoms with Gasteiger partial charge in [0.2, 0.25) is 0 Å². The summed E-state index contributed by atoms with van der Waals surface area (Å²) in [6.07, 6.45) is 0. The molecule has 0 saturated heterocycles. The van der Waals surface area contributed by atoms with E-state index in [0.717, 1.165) is 26.7 Å². The summed E-state index contributed by atoms with van der Waals surface area (Å²) in [6.45, 7) is 13.6. The van der Waals surface area contributed by atoms with Gasteiger partial charge in [-0.3, -0.25) is 9.36 Å². The molecular formula is C21H28N4O2S2. The number of nitrogens with one attached hydrogen (secondary N) is 1. The lowest BCUT2D eigenvalue weighted by Gasteiger charge is -2.27. The van der Waals surface area contributed by atoms with Crippen LogP contribution in [0.3, 0.4) is 0 Å². The van der Waals surface area contributed by atoms with Crippen LogP contribution < -0.4 is 10.3 Å². The lowest BCUT2D eigenvalue weighted by Crippen LogP contribution is -2.40. The average molecular weight is 433 g/mol. The molecule has 1 aromatic carbocycles. The second kappa shape index (κ2) is 7.83. The molecule has 0 bridgehead atoms. The molecule has 2 aromatic heterocycles. The minimum Gasteiger partial charge on any atom is -0.598 e. The van der Waals surface area contributed by atoms with Gasteiger partial charge in [0.25, 0.3) is 5.56 Å². The molecule has 156 valence electrons. The number of aryl methyl sites for hydroxylation is 3. The molecule has 2 atom stereocenters. The van der Waals surface area contributed by atoms with Gasteiger partial charge in [0.05, 0.1) is 32.5 Å². The molecule has 0 aliphatic rings. The molecule has 2 heterocycles. The molecule has 1 N–H and O–H groups in total. The van der Waals surface area contributed by atoms with Crippen LogP contribution in [0.15, 0.2) is 16.9 Å². The Kier molecular flexibility index (Phi) is 5.93. The van der Waals surface area contributed by atoms with Crippen LogP contribution in [0.1, 0.15) is 55.6 Å². The largest absolute Gasteiger partial charge is 0.598 e. The molecule has 3 aromatic rings. The highest BCUT2D eigenvalue weighted by Gasteiger charge is 2.29. The third kappa shape index (κ3) is 4.26. The summed E-state index contributed by atoms with van der Waals surface area (Å²) in [6, 6.07) is 3.66. The molecule has 0 saturated carbocycles. The van der Waals surface area contributed by atoms with Crippen molar-refractivity contribution in [3.8, 4) is 10.7 Å². The van der Waals surface area contributed by atoms with E-state index in [9.17, 15) is 9.35 Å². The smallest absolute Gasteiger partial charge is 0.261 e. The number of nitrogens with zero attached hydrogens (tertiary/aromatic N) is 3. The van der Waals surface area contributed by atoms with E-state index in [1.165, 1.54) is 11.3 Å². The number of thiazole rings is 1. The van der Waals surface area contributed by atoms with Crippen molar-refractivity contribution in [2.45, 2.75) is 59.3 Å². The highest BCUT2D eigenvalue weighted by molar-refractivity contribution is 7.90. The van der Waals surface area contributed by atoms with Crippen molar-refractivity contribution in [2.75, 3.05) is 0 Å². The fraction of sp³-hybridized carbons (Fsp3) is 0.476. The third-order valence-corrected chi connectivity index (χ3v) is 7.52. The lowest BCUT2D eigenvalue weighted by atomic mass is 10.0. The lowest BCUT2D eigenvalue weighted by molar-refractivity contribution is 0.531. The van der Waals surface area contributed by atoms with Gasteiger partial charge in [0.1, 0.15) is 4.75 Å². The van der Waals surface area contributed by atoms with Crippen LogP contribution >= 0.6 is 11.3 Å². The van der Waals surface area contributed by atoms with Gasteiger partial charge in [-0.25, -0.2) is 9.97 Å². The van der Waals surface area contributed by atoms with E-state index >= 15 is 0 Å². The number of aromatic nitrogens is 3. The molecule has 0 fully saturated rings. The first kappa shape index (κ1) is 22.0. The first-order valence-electron chi connectivity index (χ1n) is 9.54. The Balaban J connectivity index is 2.23. The number of benzene rings is 1. The zero-order chi connectivity index (χ0) is 21.7. The number of rotatable bonds is 4. The summed E-state index contributed by atoms with van der Waals surface area (Å²) in [4.78, 5) is 23.5. The zero-order valence-electron chi connectivity index (χ0n) is 18.2. The van der Waals surface area contributed by atoms with E-state index in [4.69, 9.17) is 4.98 Å². The molecule has 0 aliphatic carbocycles. The molecule has 8 heteroatoms. The van der Waals surface area contributed by atoms with Crippen molar-refractivity contribution in [3.63, 3.8) is 0 Å². The topological polar surface area (TPSA) is 82.9 Å².